The van der Waals surface area contributed by atoms with Crippen LogP contribution in [0.3, 0.4) is 0 Å². The number of halogens is 3. The molecule has 1 fully saturated rings. The van der Waals surface area contributed by atoms with Crippen molar-refractivity contribution in [2.24, 2.45) is 5.92 Å². The number of aromatic nitrogens is 2. The number of aryl methyl sites for hydroxylation is 1. The molecule has 1 N–H and O–H groups in total. The zero-order valence-corrected chi connectivity index (χ0v) is 15.4. The van der Waals surface area contributed by atoms with Gasteiger partial charge in [-0.15, -0.1) is 0 Å². The molecule has 1 aliphatic heterocycles. The Labute approximate surface area is 154 Å². The third-order valence-electron chi connectivity index (χ3n) is 4.73. The van der Waals surface area contributed by atoms with Crippen molar-refractivity contribution >= 4 is 28.4 Å². The fourth-order valence-corrected chi connectivity index (χ4v) is 3.89. The number of nitrogens with zero attached hydrogens (tertiary/aromatic N) is 2. The van der Waals surface area contributed by atoms with Crippen LogP contribution in [0.2, 0.25) is 0 Å². The highest BCUT2D eigenvalue weighted by Gasteiger charge is 2.27. The molecule has 0 spiro atoms. The molecule has 142 valence electrons. The van der Waals surface area contributed by atoms with E-state index in [4.69, 9.17) is 0 Å². The second-order valence-corrected chi connectivity index (χ2v) is 7.86. The number of hydrogen-bond acceptors (Lipinski definition) is 4. The molecule has 8 heteroatoms. The van der Waals surface area contributed by atoms with Crippen LogP contribution in [0.15, 0.2) is 18.3 Å². The predicted molar refractivity (Wildman–Crippen MR) is 97.5 cm³/mol. The second kappa shape index (κ2) is 8.00. The zero-order chi connectivity index (χ0) is 18.7. The number of ketones is 1. The molecule has 2 aromatic rings. The standard InChI is InChI=1S/C18H22F3N3OS/c1-12-14(17(25)3-2-8-26-18(19,20)21)4-5-16-15(12)11-24(23-16)10-13-6-7-22-9-13/h4-5,11,13,22H,2-3,6-10H2,1H3/t13-/m1/s1. The van der Waals surface area contributed by atoms with Crippen molar-refractivity contribution in [1.82, 2.24) is 15.1 Å². The largest absolute Gasteiger partial charge is 0.441 e. The summed E-state index contributed by atoms with van der Waals surface area (Å²) in [7, 11) is 0. The Morgan fingerprint density at radius 1 is 1.42 bits per heavy atom. The van der Waals surface area contributed by atoms with E-state index >= 15 is 0 Å². The van der Waals surface area contributed by atoms with E-state index in [1.54, 1.807) is 6.07 Å². The van der Waals surface area contributed by atoms with E-state index in [2.05, 4.69) is 10.4 Å². The highest BCUT2D eigenvalue weighted by atomic mass is 32.2. The van der Waals surface area contributed by atoms with Crippen molar-refractivity contribution in [3.05, 3.63) is 29.5 Å². The van der Waals surface area contributed by atoms with Gasteiger partial charge in [-0.05, 0) is 56.5 Å². The summed E-state index contributed by atoms with van der Waals surface area (Å²) < 4.78 is 38.4. The summed E-state index contributed by atoms with van der Waals surface area (Å²) in [5, 5.41) is 8.86. The molecule has 2 heterocycles. The van der Waals surface area contributed by atoms with Crippen LogP contribution in [-0.4, -0.2) is 39.9 Å². The predicted octanol–water partition coefficient (Wildman–Crippen LogP) is 4.17. The molecule has 0 bridgehead atoms. The van der Waals surface area contributed by atoms with Gasteiger partial charge in [0.2, 0.25) is 0 Å². The maximum absolute atomic E-state index is 12.4. The van der Waals surface area contributed by atoms with Crippen LogP contribution in [0.5, 0.6) is 0 Å². The van der Waals surface area contributed by atoms with Crippen LogP contribution in [0.1, 0.15) is 35.2 Å². The Bertz CT molecular complexity index is 782. The van der Waals surface area contributed by atoms with Gasteiger partial charge in [-0.25, -0.2) is 0 Å². The first-order valence-corrected chi connectivity index (χ1v) is 9.73. The third kappa shape index (κ3) is 4.79. The zero-order valence-electron chi connectivity index (χ0n) is 14.6. The minimum atomic E-state index is -4.23. The first kappa shape index (κ1) is 19.2. The number of thioether (sulfide) groups is 1. The lowest BCUT2D eigenvalue weighted by atomic mass is 9.99. The number of fused-ring (bicyclic) bond motifs is 1. The molecule has 26 heavy (non-hydrogen) atoms. The van der Waals surface area contributed by atoms with Gasteiger partial charge in [0.25, 0.3) is 0 Å². The molecule has 0 aliphatic carbocycles. The van der Waals surface area contributed by atoms with E-state index in [9.17, 15) is 18.0 Å². The minimum Gasteiger partial charge on any atom is -0.316 e. The maximum Gasteiger partial charge on any atom is 0.441 e. The van der Waals surface area contributed by atoms with Gasteiger partial charge < -0.3 is 5.32 Å². The second-order valence-electron chi connectivity index (χ2n) is 6.70. The molecular formula is C18H22F3N3OS. The molecule has 3 rings (SSSR count). The monoisotopic (exact) mass is 385 g/mol. The van der Waals surface area contributed by atoms with Crippen LogP contribution in [-0.2, 0) is 6.54 Å². The summed E-state index contributed by atoms with van der Waals surface area (Å²) in [6.07, 6.45) is 3.44. The average molecular weight is 385 g/mol. The number of carbonyl (C=O) groups is 1. The van der Waals surface area contributed by atoms with Gasteiger partial charge >= 0.3 is 5.51 Å². The molecule has 0 amide bonds. The Kier molecular flexibility index (Phi) is 5.92. The maximum atomic E-state index is 12.4. The number of alkyl halides is 3. The topological polar surface area (TPSA) is 46.9 Å². The average Bonchev–Trinajstić information content (AvgIpc) is 3.21. The molecule has 0 saturated carbocycles. The summed E-state index contributed by atoms with van der Waals surface area (Å²) in [6, 6.07) is 3.56. The Hall–Kier alpha value is -1.54. The van der Waals surface area contributed by atoms with Crippen LogP contribution in [0, 0.1) is 12.8 Å². The van der Waals surface area contributed by atoms with E-state index < -0.39 is 5.51 Å². The Morgan fingerprint density at radius 3 is 2.92 bits per heavy atom. The normalized spacial score (nSPS) is 17.9. The van der Waals surface area contributed by atoms with Gasteiger partial charge in [0.15, 0.2) is 5.78 Å². The molecule has 1 saturated heterocycles. The molecule has 0 radical (unpaired) electrons. The molecule has 1 aromatic heterocycles. The first-order chi connectivity index (χ1) is 12.3. The number of nitrogens with one attached hydrogen (secondary N) is 1. The Balaban J connectivity index is 1.66. The molecule has 1 aliphatic rings. The lowest BCUT2D eigenvalue weighted by Crippen LogP contribution is -2.14. The lowest BCUT2D eigenvalue weighted by Gasteiger charge is -2.07. The molecule has 1 atom stereocenters. The van der Waals surface area contributed by atoms with Crippen molar-refractivity contribution in [3.63, 3.8) is 0 Å². The van der Waals surface area contributed by atoms with E-state index in [0.717, 1.165) is 42.5 Å². The van der Waals surface area contributed by atoms with Crippen LogP contribution < -0.4 is 5.32 Å². The first-order valence-electron chi connectivity index (χ1n) is 8.75. The number of rotatable bonds is 7. The molecular weight excluding hydrogens is 363 g/mol. The molecule has 0 unspecified atom stereocenters. The lowest BCUT2D eigenvalue weighted by molar-refractivity contribution is -0.0328. The number of Topliss-reactive ketones (excluding diaryl/α,β-unsaturated/α-hetero) is 1. The summed E-state index contributed by atoms with van der Waals surface area (Å²) in [6.45, 7) is 4.76. The SMILES string of the molecule is Cc1c(C(=O)CCCSC(F)(F)F)ccc2nn(C[C@@H]3CCNC3)cc12. The van der Waals surface area contributed by atoms with Gasteiger partial charge in [-0.2, -0.15) is 18.3 Å². The van der Waals surface area contributed by atoms with Crippen molar-refractivity contribution in [3.8, 4) is 0 Å². The fraction of sp³-hybridized carbons (Fsp3) is 0.556. The summed E-state index contributed by atoms with van der Waals surface area (Å²) in [5.74, 6) is 0.362. The van der Waals surface area contributed by atoms with Crippen molar-refractivity contribution in [1.29, 1.82) is 0 Å². The quantitative estimate of drug-likeness (QED) is 0.574. The summed E-state index contributed by atoms with van der Waals surface area (Å²) in [4.78, 5) is 12.4. The van der Waals surface area contributed by atoms with Gasteiger partial charge in [0.1, 0.15) is 0 Å². The van der Waals surface area contributed by atoms with Gasteiger partial charge in [-0.1, -0.05) is 11.8 Å². The van der Waals surface area contributed by atoms with Crippen LogP contribution >= 0.6 is 11.8 Å². The van der Waals surface area contributed by atoms with Gasteiger partial charge in [0, 0.05) is 35.9 Å². The number of benzene rings is 1. The van der Waals surface area contributed by atoms with Crippen LogP contribution in [0.4, 0.5) is 13.2 Å². The summed E-state index contributed by atoms with van der Waals surface area (Å²) >= 11 is -0.0749. The third-order valence-corrected chi connectivity index (χ3v) is 5.55. The van der Waals surface area contributed by atoms with Crippen molar-refractivity contribution in [2.75, 3.05) is 18.8 Å². The summed E-state index contributed by atoms with van der Waals surface area (Å²) in [5.41, 5.74) is -1.96. The smallest absolute Gasteiger partial charge is 0.316 e. The highest BCUT2D eigenvalue weighted by Crippen LogP contribution is 2.31. The highest BCUT2D eigenvalue weighted by molar-refractivity contribution is 8.00. The number of hydrogen-bond donors (Lipinski definition) is 1. The molecule has 1 aromatic carbocycles. The van der Waals surface area contributed by atoms with Gasteiger partial charge in [0.05, 0.1) is 5.52 Å². The van der Waals surface area contributed by atoms with E-state index in [1.807, 2.05) is 23.9 Å². The van der Waals surface area contributed by atoms with Crippen molar-refractivity contribution < 1.29 is 18.0 Å². The van der Waals surface area contributed by atoms with E-state index in [-0.39, 0.29) is 36.1 Å². The fourth-order valence-electron chi connectivity index (χ4n) is 3.37. The van der Waals surface area contributed by atoms with Crippen LogP contribution in [0.25, 0.3) is 10.9 Å². The number of carbonyl (C=O) groups excluding carboxylic acids is 1. The minimum absolute atomic E-state index is 0.0749. The van der Waals surface area contributed by atoms with Crippen molar-refractivity contribution in [2.45, 2.75) is 38.2 Å². The molecule has 4 nitrogen and oxygen atoms in total. The Morgan fingerprint density at radius 2 is 2.23 bits per heavy atom. The van der Waals surface area contributed by atoms with E-state index in [0.29, 0.717) is 11.5 Å². The van der Waals surface area contributed by atoms with E-state index in [1.165, 1.54) is 0 Å². The van der Waals surface area contributed by atoms with Gasteiger partial charge in [-0.3, -0.25) is 9.48 Å².